The van der Waals surface area contributed by atoms with E-state index >= 15 is 0 Å². The smallest absolute Gasteiger partial charge is 0.387 e. The van der Waals surface area contributed by atoms with Gasteiger partial charge in [0.2, 0.25) is 0 Å². The van der Waals surface area contributed by atoms with Crippen LogP contribution in [0, 0.1) is 0 Å². The van der Waals surface area contributed by atoms with Crippen molar-refractivity contribution in [3.8, 4) is 11.5 Å². The van der Waals surface area contributed by atoms with Crippen LogP contribution in [0.5, 0.6) is 11.5 Å². The fourth-order valence-electron chi connectivity index (χ4n) is 2.10. The van der Waals surface area contributed by atoms with Crippen LogP contribution in [-0.2, 0) is 11.2 Å². The Hall–Kier alpha value is -2.09. The van der Waals surface area contributed by atoms with Crippen molar-refractivity contribution < 1.29 is 23.0 Å². The molecule has 0 unspecified atom stereocenters. The zero-order chi connectivity index (χ0) is 18.5. The summed E-state index contributed by atoms with van der Waals surface area (Å²) in [6, 6.07) is 5.00. The maximum absolute atomic E-state index is 12.5. The van der Waals surface area contributed by atoms with Crippen molar-refractivity contribution in [1.82, 2.24) is 10.6 Å². The lowest BCUT2D eigenvalue weighted by atomic mass is 10.1. The van der Waals surface area contributed by atoms with Crippen molar-refractivity contribution >= 4 is 5.96 Å². The SMILES string of the molecule is CCNC(=NCCOCC)NCCc1ccc(OC)c(OC(F)F)c1. The molecule has 0 saturated heterocycles. The number of hydrogen-bond acceptors (Lipinski definition) is 4. The molecule has 0 heterocycles. The summed E-state index contributed by atoms with van der Waals surface area (Å²) in [5.41, 5.74) is 0.856. The van der Waals surface area contributed by atoms with Crippen LogP contribution >= 0.6 is 0 Å². The van der Waals surface area contributed by atoms with Crippen LogP contribution in [-0.4, -0.2) is 52.5 Å². The summed E-state index contributed by atoms with van der Waals surface area (Å²) >= 11 is 0. The molecule has 0 aliphatic carbocycles. The van der Waals surface area contributed by atoms with Crippen molar-refractivity contribution in [2.75, 3.05) is 40.0 Å². The number of aliphatic imine (C=N–C) groups is 1. The fourth-order valence-corrected chi connectivity index (χ4v) is 2.10. The highest BCUT2D eigenvalue weighted by Gasteiger charge is 2.11. The Morgan fingerprint density at radius 1 is 1.20 bits per heavy atom. The van der Waals surface area contributed by atoms with Crippen LogP contribution in [0.2, 0.25) is 0 Å². The maximum atomic E-state index is 12.5. The van der Waals surface area contributed by atoms with Crippen LogP contribution < -0.4 is 20.1 Å². The summed E-state index contributed by atoms with van der Waals surface area (Å²) in [6.45, 7) is 4.18. The average molecular weight is 359 g/mol. The van der Waals surface area contributed by atoms with E-state index in [1.165, 1.54) is 7.11 Å². The van der Waals surface area contributed by atoms with E-state index in [9.17, 15) is 8.78 Å². The molecule has 1 aromatic rings. The zero-order valence-corrected chi connectivity index (χ0v) is 15.0. The molecule has 0 bridgehead atoms. The third kappa shape index (κ3) is 8.53. The van der Waals surface area contributed by atoms with E-state index in [1.54, 1.807) is 12.1 Å². The minimum atomic E-state index is -2.89. The molecule has 0 aliphatic heterocycles. The summed E-state index contributed by atoms with van der Waals surface area (Å²) in [4.78, 5) is 4.39. The Morgan fingerprint density at radius 2 is 2.00 bits per heavy atom. The molecule has 0 amide bonds. The van der Waals surface area contributed by atoms with E-state index in [1.807, 2.05) is 19.9 Å². The second kappa shape index (κ2) is 12.3. The van der Waals surface area contributed by atoms with Crippen LogP contribution in [0.4, 0.5) is 8.78 Å². The molecule has 0 fully saturated rings. The molecule has 6 nitrogen and oxygen atoms in total. The van der Waals surface area contributed by atoms with Gasteiger partial charge in [-0.05, 0) is 38.0 Å². The Balaban J connectivity index is 2.57. The van der Waals surface area contributed by atoms with Crippen molar-refractivity contribution in [3.63, 3.8) is 0 Å². The van der Waals surface area contributed by atoms with Gasteiger partial charge in [0.05, 0.1) is 20.3 Å². The lowest BCUT2D eigenvalue weighted by Crippen LogP contribution is -2.38. The number of alkyl halides is 2. The average Bonchev–Trinajstić information content (AvgIpc) is 2.58. The lowest BCUT2D eigenvalue weighted by Gasteiger charge is -2.13. The predicted octanol–water partition coefficient (Wildman–Crippen LogP) is 2.43. The number of halogens is 2. The van der Waals surface area contributed by atoms with E-state index in [2.05, 4.69) is 20.4 Å². The fraction of sp³-hybridized carbons (Fsp3) is 0.588. The lowest BCUT2D eigenvalue weighted by molar-refractivity contribution is -0.0512. The first-order chi connectivity index (χ1) is 12.1. The van der Waals surface area contributed by atoms with Crippen molar-refractivity contribution in [3.05, 3.63) is 23.8 Å². The first kappa shape index (κ1) is 21.0. The third-order valence-electron chi connectivity index (χ3n) is 3.20. The molecule has 0 aliphatic rings. The Kier molecular flexibility index (Phi) is 10.3. The van der Waals surface area contributed by atoms with E-state index < -0.39 is 6.61 Å². The Labute approximate surface area is 147 Å². The highest BCUT2D eigenvalue weighted by Crippen LogP contribution is 2.29. The first-order valence-corrected chi connectivity index (χ1v) is 8.32. The largest absolute Gasteiger partial charge is 0.493 e. The third-order valence-corrected chi connectivity index (χ3v) is 3.20. The van der Waals surface area contributed by atoms with Gasteiger partial charge in [0.1, 0.15) is 0 Å². The van der Waals surface area contributed by atoms with Gasteiger partial charge >= 0.3 is 6.61 Å². The summed E-state index contributed by atoms with van der Waals surface area (Å²) in [6.07, 6.45) is 0.624. The predicted molar refractivity (Wildman–Crippen MR) is 93.8 cm³/mol. The number of rotatable bonds is 11. The summed E-state index contributed by atoms with van der Waals surface area (Å²) in [5, 5.41) is 6.34. The number of hydrogen-bond donors (Lipinski definition) is 2. The number of nitrogens with one attached hydrogen (secondary N) is 2. The molecule has 2 N–H and O–H groups in total. The summed E-state index contributed by atoms with van der Waals surface area (Å²) in [5.74, 6) is 1.01. The van der Waals surface area contributed by atoms with Crippen LogP contribution in [0.1, 0.15) is 19.4 Å². The standard InChI is InChI=1S/C17H27F2N3O3/c1-4-20-17(22-10-11-24-5-2)21-9-8-13-6-7-14(23-3)15(12-13)25-16(18)19/h6-7,12,16H,4-5,8-11H2,1-3H3,(H2,20,21,22). The van der Waals surface area contributed by atoms with Gasteiger partial charge in [0.15, 0.2) is 17.5 Å². The van der Waals surface area contributed by atoms with Crippen LogP contribution in [0.25, 0.3) is 0 Å². The van der Waals surface area contributed by atoms with Gasteiger partial charge in [-0.1, -0.05) is 6.07 Å². The molecule has 0 spiro atoms. The molecule has 8 heteroatoms. The van der Waals surface area contributed by atoms with Gasteiger partial charge < -0.3 is 24.8 Å². The highest BCUT2D eigenvalue weighted by atomic mass is 19.3. The van der Waals surface area contributed by atoms with E-state index in [0.29, 0.717) is 38.7 Å². The van der Waals surface area contributed by atoms with E-state index in [4.69, 9.17) is 9.47 Å². The summed E-state index contributed by atoms with van der Waals surface area (Å²) in [7, 11) is 1.41. The molecule has 142 valence electrons. The minimum absolute atomic E-state index is 0.0345. The minimum Gasteiger partial charge on any atom is -0.493 e. The van der Waals surface area contributed by atoms with Gasteiger partial charge in [0, 0.05) is 19.7 Å². The molecule has 0 aromatic heterocycles. The van der Waals surface area contributed by atoms with Crippen molar-refractivity contribution in [1.29, 1.82) is 0 Å². The normalized spacial score (nSPS) is 11.5. The highest BCUT2D eigenvalue weighted by molar-refractivity contribution is 5.79. The van der Waals surface area contributed by atoms with Gasteiger partial charge in [-0.3, -0.25) is 4.99 Å². The van der Waals surface area contributed by atoms with E-state index in [0.717, 1.165) is 12.1 Å². The number of methoxy groups -OCH3 is 1. The number of ether oxygens (including phenoxy) is 3. The molecule has 0 saturated carbocycles. The molecule has 1 rings (SSSR count). The van der Waals surface area contributed by atoms with Crippen LogP contribution in [0.15, 0.2) is 23.2 Å². The first-order valence-electron chi connectivity index (χ1n) is 8.32. The Morgan fingerprint density at radius 3 is 2.64 bits per heavy atom. The van der Waals surface area contributed by atoms with Gasteiger partial charge in [-0.2, -0.15) is 8.78 Å². The molecule has 25 heavy (non-hydrogen) atoms. The molecule has 0 atom stereocenters. The second-order valence-electron chi connectivity index (χ2n) is 5.00. The van der Waals surface area contributed by atoms with Gasteiger partial charge in [-0.15, -0.1) is 0 Å². The van der Waals surface area contributed by atoms with Crippen molar-refractivity contribution in [2.24, 2.45) is 4.99 Å². The van der Waals surface area contributed by atoms with Crippen molar-refractivity contribution in [2.45, 2.75) is 26.9 Å². The monoisotopic (exact) mass is 359 g/mol. The van der Waals surface area contributed by atoms with E-state index in [-0.39, 0.29) is 11.5 Å². The number of benzene rings is 1. The number of nitrogens with zero attached hydrogens (tertiary/aromatic N) is 1. The molecular weight excluding hydrogens is 332 g/mol. The maximum Gasteiger partial charge on any atom is 0.387 e. The van der Waals surface area contributed by atoms with Crippen LogP contribution in [0.3, 0.4) is 0 Å². The topological polar surface area (TPSA) is 64.1 Å². The second-order valence-corrected chi connectivity index (χ2v) is 5.00. The zero-order valence-electron chi connectivity index (χ0n) is 15.0. The van der Waals surface area contributed by atoms with Gasteiger partial charge in [0.25, 0.3) is 0 Å². The summed E-state index contributed by atoms with van der Waals surface area (Å²) < 4.78 is 39.7. The quantitative estimate of drug-likeness (QED) is 0.361. The Bertz CT molecular complexity index is 528. The van der Waals surface area contributed by atoms with Gasteiger partial charge in [-0.25, -0.2) is 0 Å². The molecular formula is C17H27F2N3O3. The molecule has 1 aromatic carbocycles. The number of guanidine groups is 1. The molecule has 0 radical (unpaired) electrons.